The summed E-state index contributed by atoms with van der Waals surface area (Å²) in [6.45, 7) is 0.390. The molecule has 0 bridgehead atoms. The quantitative estimate of drug-likeness (QED) is 0.370. The van der Waals surface area contributed by atoms with Crippen molar-refractivity contribution in [3.63, 3.8) is 0 Å². The van der Waals surface area contributed by atoms with Crippen LogP contribution in [0, 0.1) is 0 Å². The van der Waals surface area contributed by atoms with Gasteiger partial charge in [0.05, 0.1) is 0 Å². The molecule has 0 aliphatic carbocycles. The Hall–Kier alpha value is 0.410. The monoisotopic (exact) mass is 235 g/mol. The number of hydrogen-bond acceptors (Lipinski definition) is 3. The van der Waals surface area contributed by atoms with E-state index in [0.717, 1.165) is 4.31 Å². The highest BCUT2D eigenvalue weighted by Crippen LogP contribution is 1.97. The predicted molar refractivity (Wildman–Crippen MR) is 49.3 cm³/mol. The maximum Gasteiger partial charge on any atom is 0.292 e. The van der Waals surface area contributed by atoms with Crippen LogP contribution in [-0.2, 0) is 10.2 Å². The van der Waals surface area contributed by atoms with Crippen molar-refractivity contribution in [2.75, 3.05) is 24.8 Å². The van der Waals surface area contributed by atoms with Crippen molar-refractivity contribution in [1.29, 1.82) is 0 Å². The summed E-state index contributed by atoms with van der Waals surface area (Å²) in [5.74, 6) is 5.21. The summed E-state index contributed by atoms with van der Waals surface area (Å²) < 4.78 is 23.2. The van der Waals surface area contributed by atoms with Gasteiger partial charge in [-0.3, -0.25) is 5.84 Å². The first-order valence-electron chi connectivity index (χ1n) is 3.18. The molecule has 0 heterocycles. The van der Waals surface area contributed by atoms with Crippen LogP contribution in [0.3, 0.4) is 0 Å². The van der Waals surface area contributed by atoms with E-state index >= 15 is 0 Å². The van der Waals surface area contributed by atoms with E-state index in [2.05, 4.69) is 0 Å². The molecular formula is C4H11Cl2N3O2S. The summed E-state index contributed by atoms with van der Waals surface area (Å²) >= 11 is 10.8. The van der Waals surface area contributed by atoms with Gasteiger partial charge in [-0.25, -0.2) is 0 Å². The van der Waals surface area contributed by atoms with Gasteiger partial charge in [0.25, 0.3) is 10.2 Å². The molecule has 8 heteroatoms. The minimum Gasteiger partial charge on any atom is -0.257 e. The van der Waals surface area contributed by atoms with Gasteiger partial charge in [0.2, 0.25) is 0 Å². The third-order valence-corrected chi connectivity index (χ3v) is 2.84. The summed E-state index contributed by atoms with van der Waals surface area (Å²) in [5, 5.41) is 0. The second-order valence-corrected chi connectivity index (χ2v) is 4.36. The van der Waals surface area contributed by atoms with Gasteiger partial charge in [-0.2, -0.15) is 12.7 Å². The standard InChI is InChI=1S/C4H11Cl2N3O2S/c5-1-3-9(4-2-6)12(10,11)8-7/h8H,1-4,7H2. The lowest BCUT2D eigenvalue weighted by atomic mass is 10.7. The molecule has 0 amide bonds. The molecule has 0 saturated heterocycles. The SMILES string of the molecule is NNS(=O)(=O)N(CCCl)CCCl. The molecule has 0 atom stereocenters. The van der Waals surface area contributed by atoms with Crippen molar-refractivity contribution in [3.8, 4) is 0 Å². The largest absolute Gasteiger partial charge is 0.292 e. The molecular weight excluding hydrogens is 225 g/mol. The molecule has 0 saturated carbocycles. The number of nitrogens with zero attached hydrogens (tertiary/aromatic N) is 1. The highest BCUT2D eigenvalue weighted by molar-refractivity contribution is 7.87. The summed E-state index contributed by atoms with van der Waals surface area (Å²) in [7, 11) is -3.59. The molecule has 0 radical (unpaired) electrons. The number of nitrogens with two attached hydrogens (primary N) is 1. The molecule has 0 aromatic carbocycles. The zero-order chi connectivity index (χ0) is 9.61. The highest BCUT2D eigenvalue weighted by atomic mass is 35.5. The molecule has 0 aromatic heterocycles. The van der Waals surface area contributed by atoms with Crippen LogP contribution in [0.25, 0.3) is 0 Å². The molecule has 0 aliphatic heterocycles. The van der Waals surface area contributed by atoms with Gasteiger partial charge >= 0.3 is 0 Å². The molecule has 0 unspecified atom stereocenters. The van der Waals surface area contributed by atoms with Gasteiger partial charge < -0.3 is 0 Å². The average Bonchev–Trinajstić information content (AvgIpc) is 2.04. The van der Waals surface area contributed by atoms with Crippen molar-refractivity contribution in [2.45, 2.75) is 0 Å². The first-order valence-corrected chi connectivity index (χ1v) is 5.68. The maximum atomic E-state index is 11.1. The van der Waals surface area contributed by atoms with Crippen molar-refractivity contribution in [1.82, 2.24) is 9.14 Å². The Morgan fingerprint density at radius 3 is 1.92 bits per heavy atom. The Labute approximate surface area is 82.0 Å². The van der Waals surface area contributed by atoms with E-state index < -0.39 is 10.2 Å². The zero-order valence-corrected chi connectivity index (χ0v) is 8.66. The van der Waals surface area contributed by atoms with Crippen molar-refractivity contribution in [3.05, 3.63) is 0 Å². The molecule has 0 aromatic rings. The second-order valence-electron chi connectivity index (χ2n) is 1.90. The van der Waals surface area contributed by atoms with Crippen LogP contribution in [-0.4, -0.2) is 37.6 Å². The first kappa shape index (κ1) is 12.4. The van der Waals surface area contributed by atoms with Crippen molar-refractivity contribution in [2.24, 2.45) is 5.84 Å². The van der Waals surface area contributed by atoms with Crippen LogP contribution >= 0.6 is 23.2 Å². The third-order valence-electron chi connectivity index (χ3n) is 1.16. The minimum absolute atomic E-state index is 0.195. The van der Waals surface area contributed by atoms with E-state index in [1.165, 1.54) is 0 Å². The van der Waals surface area contributed by atoms with Crippen molar-refractivity contribution >= 4 is 33.4 Å². The van der Waals surface area contributed by atoms with E-state index in [9.17, 15) is 8.42 Å². The number of hydrogen-bond donors (Lipinski definition) is 2. The third kappa shape index (κ3) is 3.88. The summed E-state index contributed by atoms with van der Waals surface area (Å²) in [5.41, 5.74) is 0. The van der Waals surface area contributed by atoms with Gasteiger partial charge in [-0.1, -0.05) is 0 Å². The molecule has 0 aliphatic rings. The minimum atomic E-state index is -3.59. The maximum absolute atomic E-state index is 11.1. The number of hydrazine groups is 1. The number of halogens is 2. The molecule has 0 spiro atoms. The van der Waals surface area contributed by atoms with Gasteiger partial charge in [0.1, 0.15) is 0 Å². The topological polar surface area (TPSA) is 75.4 Å². The Bertz CT molecular complexity index is 202. The van der Waals surface area contributed by atoms with Crippen molar-refractivity contribution < 1.29 is 8.42 Å². The molecule has 12 heavy (non-hydrogen) atoms. The van der Waals surface area contributed by atoms with Crippen LogP contribution in [0.2, 0.25) is 0 Å². The Balaban J connectivity index is 4.28. The normalized spacial score (nSPS) is 12.3. The van der Waals surface area contributed by atoms with E-state index in [1.807, 2.05) is 0 Å². The number of rotatable bonds is 6. The smallest absolute Gasteiger partial charge is 0.257 e. The molecule has 5 nitrogen and oxygen atoms in total. The van der Waals surface area contributed by atoms with E-state index in [1.54, 1.807) is 4.83 Å². The van der Waals surface area contributed by atoms with Crippen LogP contribution in [0.15, 0.2) is 0 Å². The van der Waals surface area contributed by atoms with E-state index in [-0.39, 0.29) is 24.8 Å². The number of alkyl halides is 2. The van der Waals surface area contributed by atoms with Gasteiger partial charge in [0, 0.05) is 24.8 Å². The van der Waals surface area contributed by atoms with E-state index in [4.69, 9.17) is 29.0 Å². The number of nitrogens with one attached hydrogen (secondary N) is 1. The Morgan fingerprint density at radius 1 is 1.25 bits per heavy atom. The van der Waals surface area contributed by atoms with E-state index in [0.29, 0.717) is 0 Å². The average molecular weight is 236 g/mol. The van der Waals surface area contributed by atoms with Crippen LogP contribution in [0.5, 0.6) is 0 Å². The fraction of sp³-hybridized carbons (Fsp3) is 1.00. The lowest BCUT2D eigenvalue weighted by Crippen LogP contribution is -2.45. The van der Waals surface area contributed by atoms with Crippen LogP contribution in [0.4, 0.5) is 0 Å². The first-order chi connectivity index (χ1) is 5.58. The lowest BCUT2D eigenvalue weighted by molar-refractivity contribution is 0.439. The lowest BCUT2D eigenvalue weighted by Gasteiger charge is -2.18. The fourth-order valence-electron chi connectivity index (χ4n) is 0.615. The predicted octanol–water partition coefficient (Wildman–Crippen LogP) is -0.526. The molecule has 74 valence electrons. The van der Waals surface area contributed by atoms with Gasteiger partial charge in [0.15, 0.2) is 0 Å². The summed E-state index contributed by atoms with van der Waals surface area (Å²) in [6, 6.07) is 0. The highest BCUT2D eigenvalue weighted by Gasteiger charge is 2.18. The molecule has 3 N–H and O–H groups in total. The molecule has 0 rings (SSSR count). The second kappa shape index (κ2) is 5.95. The van der Waals surface area contributed by atoms with Gasteiger partial charge in [-0.05, 0) is 0 Å². The Kier molecular flexibility index (Phi) is 6.16. The van der Waals surface area contributed by atoms with Crippen LogP contribution in [0.1, 0.15) is 0 Å². The molecule has 0 fully saturated rings. The van der Waals surface area contributed by atoms with Crippen LogP contribution < -0.4 is 10.7 Å². The zero-order valence-electron chi connectivity index (χ0n) is 6.33. The summed E-state index contributed by atoms with van der Waals surface area (Å²) in [6.07, 6.45) is 0. The summed E-state index contributed by atoms with van der Waals surface area (Å²) in [4.78, 5) is 1.69. The fourth-order valence-corrected chi connectivity index (χ4v) is 2.04. The van der Waals surface area contributed by atoms with Gasteiger partial charge in [-0.15, -0.1) is 28.0 Å². The Morgan fingerprint density at radius 2 is 1.67 bits per heavy atom.